The molecule has 4 aromatic rings. The van der Waals surface area contributed by atoms with Gasteiger partial charge in [0.05, 0.1) is 18.7 Å². The fourth-order valence-corrected chi connectivity index (χ4v) is 3.59. The summed E-state index contributed by atoms with van der Waals surface area (Å²) in [6.45, 7) is 2.15. The van der Waals surface area contributed by atoms with Gasteiger partial charge in [-0.25, -0.2) is 9.97 Å². The van der Waals surface area contributed by atoms with Crippen molar-refractivity contribution in [3.8, 4) is 11.5 Å². The molecule has 146 valence electrons. The standard InChI is InChI=1S/C22H19N3O3S/c1-2-27-21(26)12-16-14-29-22(24-16)25-20-13-17(10-11-23-20)28-19-9-5-7-15-6-3-4-8-18(15)19/h3-11,13-14H,2,12H2,1H3,(H,23,24,25). The van der Waals surface area contributed by atoms with Crippen LogP contribution in [0.2, 0.25) is 0 Å². The first-order chi connectivity index (χ1) is 14.2. The number of nitrogens with zero attached hydrogens (tertiary/aromatic N) is 2. The Morgan fingerprint density at radius 2 is 2.00 bits per heavy atom. The average molecular weight is 405 g/mol. The zero-order valence-corrected chi connectivity index (χ0v) is 16.6. The maximum atomic E-state index is 11.6. The minimum absolute atomic E-state index is 0.156. The summed E-state index contributed by atoms with van der Waals surface area (Å²) in [5.74, 6) is 1.78. The SMILES string of the molecule is CCOC(=O)Cc1csc(Nc2cc(Oc3cccc4ccccc34)ccn2)n1. The highest BCUT2D eigenvalue weighted by Crippen LogP contribution is 2.31. The predicted molar refractivity (Wildman–Crippen MR) is 114 cm³/mol. The summed E-state index contributed by atoms with van der Waals surface area (Å²) in [6, 6.07) is 17.7. The van der Waals surface area contributed by atoms with Crippen LogP contribution in [0.5, 0.6) is 11.5 Å². The third-order valence-electron chi connectivity index (χ3n) is 4.13. The molecule has 1 N–H and O–H groups in total. The molecular formula is C22H19N3O3S. The molecule has 2 aromatic heterocycles. The van der Waals surface area contributed by atoms with Crippen LogP contribution in [0.3, 0.4) is 0 Å². The molecule has 0 bridgehead atoms. The van der Waals surface area contributed by atoms with E-state index in [1.165, 1.54) is 11.3 Å². The summed E-state index contributed by atoms with van der Waals surface area (Å²) in [5.41, 5.74) is 0.666. The van der Waals surface area contributed by atoms with E-state index in [4.69, 9.17) is 9.47 Å². The van der Waals surface area contributed by atoms with Gasteiger partial charge in [0.1, 0.15) is 17.3 Å². The largest absolute Gasteiger partial charge is 0.466 e. The van der Waals surface area contributed by atoms with Gasteiger partial charge in [0, 0.05) is 23.0 Å². The average Bonchev–Trinajstić information content (AvgIpc) is 3.15. The van der Waals surface area contributed by atoms with Crippen molar-refractivity contribution in [3.63, 3.8) is 0 Å². The Morgan fingerprint density at radius 3 is 2.90 bits per heavy atom. The van der Waals surface area contributed by atoms with Gasteiger partial charge in [0.25, 0.3) is 0 Å². The molecule has 0 unspecified atom stereocenters. The molecule has 0 aliphatic heterocycles. The van der Waals surface area contributed by atoms with Crippen LogP contribution >= 0.6 is 11.3 Å². The number of nitrogens with one attached hydrogen (secondary N) is 1. The Bertz CT molecular complexity index is 1140. The Kier molecular flexibility index (Phi) is 5.67. The zero-order chi connectivity index (χ0) is 20.1. The molecule has 0 amide bonds. The maximum Gasteiger partial charge on any atom is 0.311 e. The third kappa shape index (κ3) is 4.70. The number of fused-ring (bicyclic) bond motifs is 1. The fraction of sp³-hybridized carbons (Fsp3) is 0.136. The number of hydrogen-bond donors (Lipinski definition) is 1. The van der Waals surface area contributed by atoms with E-state index in [-0.39, 0.29) is 12.4 Å². The number of aromatic nitrogens is 2. The molecule has 0 saturated heterocycles. The molecule has 0 aliphatic rings. The quantitative estimate of drug-likeness (QED) is 0.419. The van der Waals surface area contributed by atoms with E-state index in [2.05, 4.69) is 27.4 Å². The Hall–Kier alpha value is -3.45. The Labute approximate surface area is 172 Å². The second-order valence-corrected chi connectivity index (χ2v) is 7.07. The zero-order valence-electron chi connectivity index (χ0n) is 15.8. The number of anilines is 2. The number of carbonyl (C=O) groups is 1. The molecule has 0 spiro atoms. The van der Waals surface area contributed by atoms with Gasteiger partial charge < -0.3 is 14.8 Å². The lowest BCUT2D eigenvalue weighted by Crippen LogP contribution is -2.07. The molecule has 0 aliphatic carbocycles. The molecule has 6 nitrogen and oxygen atoms in total. The van der Waals surface area contributed by atoms with E-state index in [1.807, 2.05) is 41.8 Å². The predicted octanol–water partition coefficient (Wildman–Crippen LogP) is 5.33. The molecule has 7 heteroatoms. The lowest BCUT2D eigenvalue weighted by molar-refractivity contribution is -0.142. The molecule has 0 atom stereocenters. The summed E-state index contributed by atoms with van der Waals surface area (Å²) in [7, 11) is 0. The summed E-state index contributed by atoms with van der Waals surface area (Å²) in [4.78, 5) is 20.3. The van der Waals surface area contributed by atoms with Gasteiger partial charge in [-0.2, -0.15) is 0 Å². The second kappa shape index (κ2) is 8.70. The van der Waals surface area contributed by atoms with Gasteiger partial charge in [-0.1, -0.05) is 36.4 Å². The van der Waals surface area contributed by atoms with Crippen LogP contribution in [0.15, 0.2) is 66.2 Å². The van der Waals surface area contributed by atoms with Gasteiger partial charge in [-0.05, 0) is 24.4 Å². The first-order valence-electron chi connectivity index (χ1n) is 9.20. The van der Waals surface area contributed by atoms with Crippen LogP contribution in [0, 0.1) is 0 Å². The minimum atomic E-state index is -0.284. The number of benzene rings is 2. The molecule has 4 rings (SSSR count). The maximum absolute atomic E-state index is 11.6. The van der Waals surface area contributed by atoms with E-state index in [0.717, 1.165) is 16.5 Å². The summed E-state index contributed by atoms with van der Waals surface area (Å²) < 4.78 is 11.0. The van der Waals surface area contributed by atoms with E-state index in [1.54, 1.807) is 19.2 Å². The van der Waals surface area contributed by atoms with Crippen molar-refractivity contribution >= 4 is 39.0 Å². The number of rotatable bonds is 7. The van der Waals surface area contributed by atoms with Crippen molar-refractivity contribution in [1.82, 2.24) is 9.97 Å². The van der Waals surface area contributed by atoms with E-state index >= 15 is 0 Å². The summed E-state index contributed by atoms with van der Waals surface area (Å²) in [5, 5.41) is 7.80. The second-order valence-electron chi connectivity index (χ2n) is 6.21. The van der Waals surface area contributed by atoms with Crippen molar-refractivity contribution in [2.75, 3.05) is 11.9 Å². The van der Waals surface area contributed by atoms with Crippen molar-refractivity contribution in [2.24, 2.45) is 0 Å². The van der Waals surface area contributed by atoms with Crippen molar-refractivity contribution in [2.45, 2.75) is 13.3 Å². The molecule has 0 saturated carbocycles. The van der Waals surface area contributed by atoms with E-state index in [9.17, 15) is 4.79 Å². The lowest BCUT2D eigenvalue weighted by Gasteiger charge is -2.10. The lowest BCUT2D eigenvalue weighted by atomic mass is 10.1. The van der Waals surface area contributed by atoms with Gasteiger partial charge in [0.15, 0.2) is 5.13 Å². The number of carbonyl (C=O) groups excluding carboxylic acids is 1. The monoisotopic (exact) mass is 405 g/mol. The molecule has 2 aromatic carbocycles. The van der Waals surface area contributed by atoms with Crippen LogP contribution in [0.4, 0.5) is 10.9 Å². The topological polar surface area (TPSA) is 73.3 Å². The molecule has 0 radical (unpaired) electrons. The third-order valence-corrected chi connectivity index (χ3v) is 4.93. The Balaban J connectivity index is 1.48. The molecule has 2 heterocycles. The van der Waals surface area contributed by atoms with E-state index in [0.29, 0.717) is 29.0 Å². The van der Waals surface area contributed by atoms with E-state index < -0.39 is 0 Å². The summed E-state index contributed by atoms with van der Waals surface area (Å²) in [6.07, 6.45) is 1.83. The Morgan fingerprint density at radius 1 is 1.14 bits per heavy atom. The number of hydrogen-bond acceptors (Lipinski definition) is 7. The van der Waals surface area contributed by atoms with Gasteiger partial charge in [0.2, 0.25) is 0 Å². The minimum Gasteiger partial charge on any atom is -0.466 e. The van der Waals surface area contributed by atoms with Crippen molar-refractivity contribution < 1.29 is 14.3 Å². The molecule has 29 heavy (non-hydrogen) atoms. The highest BCUT2D eigenvalue weighted by molar-refractivity contribution is 7.13. The van der Waals surface area contributed by atoms with Crippen LogP contribution in [-0.4, -0.2) is 22.5 Å². The number of ether oxygens (including phenoxy) is 2. The molecule has 0 fully saturated rings. The van der Waals surface area contributed by atoms with Crippen LogP contribution in [0.1, 0.15) is 12.6 Å². The first-order valence-corrected chi connectivity index (χ1v) is 10.1. The van der Waals surface area contributed by atoms with Crippen molar-refractivity contribution in [3.05, 3.63) is 71.9 Å². The first kappa shape index (κ1) is 18.9. The van der Waals surface area contributed by atoms with Crippen molar-refractivity contribution in [1.29, 1.82) is 0 Å². The van der Waals surface area contributed by atoms with Crippen LogP contribution in [0.25, 0.3) is 10.8 Å². The summed E-state index contributed by atoms with van der Waals surface area (Å²) >= 11 is 1.41. The van der Waals surface area contributed by atoms with Gasteiger partial charge in [-0.15, -0.1) is 11.3 Å². The van der Waals surface area contributed by atoms with Crippen LogP contribution < -0.4 is 10.1 Å². The fourth-order valence-electron chi connectivity index (χ4n) is 2.87. The normalized spacial score (nSPS) is 10.7. The smallest absolute Gasteiger partial charge is 0.311 e. The highest BCUT2D eigenvalue weighted by atomic mass is 32.1. The number of thiazole rings is 1. The van der Waals surface area contributed by atoms with Gasteiger partial charge in [-0.3, -0.25) is 4.79 Å². The number of pyridine rings is 1. The number of esters is 1. The highest BCUT2D eigenvalue weighted by Gasteiger charge is 2.10. The molecular weight excluding hydrogens is 386 g/mol. The van der Waals surface area contributed by atoms with Gasteiger partial charge >= 0.3 is 5.97 Å². The van der Waals surface area contributed by atoms with Crippen LogP contribution in [-0.2, 0) is 16.0 Å².